The van der Waals surface area contributed by atoms with E-state index >= 15 is 0 Å². The molecule has 0 aromatic carbocycles. The van der Waals surface area contributed by atoms with Crippen LogP contribution in [0.3, 0.4) is 0 Å². The quantitative estimate of drug-likeness (QED) is 0.140. The third kappa shape index (κ3) is 14.1. The molecule has 8 atom stereocenters. The zero-order valence-corrected chi connectivity index (χ0v) is 25.2. The maximum absolute atomic E-state index is 12.5. The Balaban J connectivity index is 2.70. The van der Waals surface area contributed by atoms with Crippen molar-refractivity contribution in [2.24, 2.45) is 0 Å². The Morgan fingerprint density at radius 2 is 1.44 bits per heavy atom. The average molecular weight is 565 g/mol. The van der Waals surface area contributed by atoms with Gasteiger partial charge in [-0.3, -0.25) is 4.79 Å². The van der Waals surface area contributed by atoms with Gasteiger partial charge in [0.05, 0.1) is 25.4 Å². The summed E-state index contributed by atoms with van der Waals surface area (Å²) in [5.74, 6) is -0.266. The molecule has 0 amide bonds. The predicted octanol–water partition coefficient (Wildman–Crippen LogP) is 3.77. The normalized spacial score (nSPS) is 25.8. The number of aliphatic hydroxyl groups excluding tert-OH is 2. The van der Waals surface area contributed by atoms with E-state index in [4.69, 9.17) is 33.2 Å². The highest BCUT2D eigenvalue weighted by Crippen LogP contribution is 2.28. The molecule has 0 aliphatic carbocycles. The van der Waals surface area contributed by atoms with Crippen LogP contribution in [0.5, 0.6) is 0 Å². The molecule has 1 rings (SSSR count). The molecule has 0 radical (unpaired) electrons. The van der Waals surface area contributed by atoms with Crippen LogP contribution in [0.1, 0.15) is 90.9 Å². The van der Waals surface area contributed by atoms with Gasteiger partial charge in [-0.2, -0.15) is 0 Å². The van der Waals surface area contributed by atoms with Crippen LogP contribution in [-0.2, 0) is 38.0 Å². The van der Waals surface area contributed by atoms with Crippen molar-refractivity contribution in [3.63, 3.8) is 0 Å². The fraction of sp³-hybridized carbons (Fsp3) is 0.966. The molecule has 0 saturated carbocycles. The first-order valence-electron chi connectivity index (χ1n) is 14.7. The molecule has 10 nitrogen and oxygen atoms in total. The topological polar surface area (TPSA) is 122 Å². The second-order valence-electron chi connectivity index (χ2n) is 10.4. The smallest absolute Gasteiger partial charge is 0.306 e. The van der Waals surface area contributed by atoms with E-state index in [1.165, 1.54) is 0 Å². The Bertz CT molecular complexity index is 607. The Hall–Kier alpha value is -0.850. The molecule has 0 aromatic heterocycles. The van der Waals surface area contributed by atoms with Gasteiger partial charge >= 0.3 is 5.97 Å². The average Bonchev–Trinajstić information content (AvgIpc) is 2.93. The molecule has 2 N–H and O–H groups in total. The monoisotopic (exact) mass is 564 g/mol. The summed E-state index contributed by atoms with van der Waals surface area (Å²) in [6, 6.07) is 0. The molecule has 0 spiro atoms. The van der Waals surface area contributed by atoms with E-state index in [9.17, 15) is 15.0 Å². The zero-order valence-electron chi connectivity index (χ0n) is 25.2. The standard InChI is InChI=1S/C29H56O10/c1-7-9-13-22(31)14-10-11-16-23(38-25(32)17-12-15-21(30)8-2)18-19-37-29-28(36-6)27(35-5)26(34-4)24(39-29)20-33-3/h21-24,26-31H,7-20H2,1-6H3. The highest BCUT2D eigenvalue weighted by molar-refractivity contribution is 5.69. The minimum absolute atomic E-state index is 0.266. The molecular weight excluding hydrogens is 508 g/mol. The van der Waals surface area contributed by atoms with Crippen LogP contribution in [0.25, 0.3) is 0 Å². The summed E-state index contributed by atoms with van der Waals surface area (Å²) in [7, 11) is 6.38. The SMILES string of the molecule is CCCCC(O)CCCCC(CCOC1OC(COC)C(OC)C(OC)C1OC)OC(=O)CCCC(O)CC. The molecule has 1 heterocycles. The van der Waals surface area contributed by atoms with E-state index in [2.05, 4.69) is 6.92 Å². The van der Waals surface area contributed by atoms with E-state index in [1.807, 2.05) is 6.92 Å². The van der Waals surface area contributed by atoms with E-state index in [0.717, 1.165) is 38.5 Å². The lowest BCUT2D eigenvalue weighted by Gasteiger charge is -2.44. The molecule has 1 fully saturated rings. The minimum atomic E-state index is -0.702. The van der Waals surface area contributed by atoms with Crippen LogP contribution >= 0.6 is 0 Å². The largest absolute Gasteiger partial charge is 0.462 e. The maximum atomic E-state index is 12.5. The Kier molecular flexibility index (Phi) is 20.3. The number of hydrogen-bond donors (Lipinski definition) is 2. The lowest BCUT2D eigenvalue weighted by atomic mass is 9.98. The van der Waals surface area contributed by atoms with Gasteiger partial charge in [0.2, 0.25) is 0 Å². The summed E-state index contributed by atoms with van der Waals surface area (Å²) in [5.41, 5.74) is 0. The van der Waals surface area contributed by atoms with Gasteiger partial charge in [-0.05, 0) is 44.9 Å². The number of carbonyl (C=O) groups excluding carboxylic acids is 1. The minimum Gasteiger partial charge on any atom is -0.462 e. The number of ether oxygens (including phenoxy) is 7. The number of methoxy groups -OCH3 is 4. The second-order valence-corrected chi connectivity index (χ2v) is 10.4. The summed E-state index contributed by atoms with van der Waals surface area (Å²) in [6.07, 6.45) is 5.29. The van der Waals surface area contributed by atoms with Crippen LogP contribution < -0.4 is 0 Å². The Morgan fingerprint density at radius 3 is 2.05 bits per heavy atom. The van der Waals surface area contributed by atoms with Gasteiger partial charge in [-0.1, -0.05) is 33.1 Å². The number of aliphatic hydroxyl groups is 2. The van der Waals surface area contributed by atoms with Crippen molar-refractivity contribution < 1.29 is 48.2 Å². The second kappa shape index (κ2) is 21.8. The lowest BCUT2D eigenvalue weighted by Crippen LogP contribution is -2.61. The molecule has 0 bridgehead atoms. The lowest BCUT2D eigenvalue weighted by molar-refractivity contribution is -0.313. The van der Waals surface area contributed by atoms with Crippen molar-refractivity contribution in [1.29, 1.82) is 0 Å². The molecular formula is C29H56O10. The summed E-state index contributed by atoms with van der Waals surface area (Å²) < 4.78 is 40.3. The van der Waals surface area contributed by atoms with Crippen molar-refractivity contribution >= 4 is 5.97 Å². The van der Waals surface area contributed by atoms with Gasteiger partial charge in [-0.25, -0.2) is 0 Å². The molecule has 8 unspecified atom stereocenters. The maximum Gasteiger partial charge on any atom is 0.306 e. The zero-order chi connectivity index (χ0) is 29.0. The highest BCUT2D eigenvalue weighted by atomic mass is 16.7. The number of carbonyl (C=O) groups is 1. The summed E-state index contributed by atoms with van der Waals surface area (Å²) >= 11 is 0. The fourth-order valence-electron chi connectivity index (χ4n) is 4.96. The van der Waals surface area contributed by atoms with Gasteiger partial charge < -0.3 is 43.4 Å². The van der Waals surface area contributed by atoms with Gasteiger partial charge in [0.25, 0.3) is 0 Å². The Labute approximate surface area is 235 Å². The molecule has 1 saturated heterocycles. The van der Waals surface area contributed by atoms with Crippen molar-refractivity contribution in [3.05, 3.63) is 0 Å². The molecule has 1 aliphatic heterocycles. The number of rotatable bonds is 23. The predicted molar refractivity (Wildman–Crippen MR) is 148 cm³/mol. The van der Waals surface area contributed by atoms with Crippen LogP contribution in [0.2, 0.25) is 0 Å². The van der Waals surface area contributed by atoms with Crippen molar-refractivity contribution in [1.82, 2.24) is 0 Å². The molecule has 39 heavy (non-hydrogen) atoms. The molecule has 10 heteroatoms. The van der Waals surface area contributed by atoms with Crippen LogP contribution in [-0.4, -0.2) is 107 Å². The highest BCUT2D eigenvalue weighted by Gasteiger charge is 2.47. The van der Waals surface area contributed by atoms with Crippen LogP contribution in [0.4, 0.5) is 0 Å². The van der Waals surface area contributed by atoms with Gasteiger partial charge in [0, 0.05) is 41.3 Å². The first kappa shape index (κ1) is 36.2. The molecule has 1 aliphatic rings. The van der Waals surface area contributed by atoms with Crippen molar-refractivity contribution in [2.45, 2.75) is 140 Å². The van der Waals surface area contributed by atoms with Gasteiger partial charge in [0.15, 0.2) is 6.29 Å². The van der Waals surface area contributed by atoms with E-state index in [1.54, 1.807) is 28.4 Å². The summed E-state index contributed by atoms with van der Waals surface area (Å²) in [6.45, 7) is 4.65. The third-order valence-electron chi connectivity index (χ3n) is 7.35. The fourth-order valence-corrected chi connectivity index (χ4v) is 4.96. The van der Waals surface area contributed by atoms with E-state index in [0.29, 0.717) is 45.3 Å². The van der Waals surface area contributed by atoms with Crippen LogP contribution in [0.15, 0.2) is 0 Å². The van der Waals surface area contributed by atoms with E-state index < -0.39 is 24.6 Å². The van der Waals surface area contributed by atoms with E-state index in [-0.39, 0.29) is 36.8 Å². The van der Waals surface area contributed by atoms with Crippen molar-refractivity contribution in [2.75, 3.05) is 41.7 Å². The number of unbranched alkanes of at least 4 members (excludes halogenated alkanes) is 2. The van der Waals surface area contributed by atoms with Crippen molar-refractivity contribution in [3.8, 4) is 0 Å². The number of esters is 1. The molecule has 0 aromatic rings. The van der Waals surface area contributed by atoms with Gasteiger partial charge in [0.1, 0.15) is 30.5 Å². The summed E-state index contributed by atoms with van der Waals surface area (Å²) in [5, 5.41) is 19.9. The summed E-state index contributed by atoms with van der Waals surface area (Å²) in [4.78, 5) is 12.5. The number of hydrogen-bond acceptors (Lipinski definition) is 10. The third-order valence-corrected chi connectivity index (χ3v) is 7.35. The molecule has 232 valence electrons. The Morgan fingerprint density at radius 1 is 0.795 bits per heavy atom. The van der Waals surface area contributed by atoms with Crippen LogP contribution in [0, 0.1) is 0 Å². The first-order valence-corrected chi connectivity index (χ1v) is 14.7. The van der Waals surface area contributed by atoms with Gasteiger partial charge in [-0.15, -0.1) is 0 Å². The first-order chi connectivity index (χ1) is 18.8.